The Kier molecular flexibility index (Phi) is 0.797. The molecule has 0 aromatic rings. The minimum atomic E-state index is 0.776. The third-order valence-corrected chi connectivity index (χ3v) is 4.26. The van der Waals surface area contributed by atoms with Crippen LogP contribution in [-0.2, 0) is 0 Å². The molecule has 2 saturated carbocycles. The van der Waals surface area contributed by atoms with Crippen LogP contribution in [0.4, 0.5) is 0 Å². The van der Waals surface area contributed by atoms with Crippen LogP contribution >= 0.6 is 0 Å². The van der Waals surface area contributed by atoms with E-state index in [1.54, 1.807) is 0 Å². The summed E-state index contributed by atoms with van der Waals surface area (Å²) in [5.74, 6) is 1.11. The van der Waals surface area contributed by atoms with Crippen LogP contribution in [0.3, 0.4) is 0 Å². The Morgan fingerprint density at radius 3 is 2.70 bits per heavy atom. The number of likely N-dealkylation sites (tertiary alicyclic amines) is 1. The summed E-state index contributed by atoms with van der Waals surface area (Å²) >= 11 is 0. The fourth-order valence-electron chi connectivity index (χ4n) is 3.51. The number of hydrogen-bond donors (Lipinski definition) is 0. The molecule has 1 saturated heterocycles. The van der Waals surface area contributed by atoms with Gasteiger partial charge < -0.3 is 0 Å². The Balaban J connectivity index is 1.92. The zero-order chi connectivity index (χ0) is 6.77. The van der Waals surface area contributed by atoms with E-state index in [9.17, 15) is 0 Å². The van der Waals surface area contributed by atoms with Gasteiger partial charge in [-0.1, -0.05) is 6.42 Å². The standard InChI is InChI=1S/C9H15N/c1-10-8-4-2-3-7-5-6-9(7,8)10/h7-8H,2-6H2,1H3/t7-,8?,9+,10+/m1/s1. The van der Waals surface area contributed by atoms with Crippen molar-refractivity contribution >= 4 is 0 Å². The summed E-state index contributed by atoms with van der Waals surface area (Å²) in [4.78, 5) is 2.63. The maximum absolute atomic E-state index is 2.63. The van der Waals surface area contributed by atoms with E-state index in [2.05, 4.69) is 11.9 Å². The number of hydrogen-bond acceptors (Lipinski definition) is 1. The summed E-state index contributed by atoms with van der Waals surface area (Å²) in [6, 6.07) is 1.01. The second-order valence-corrected chi connectivity index (χ2v) is 4.28. The van der Waals surface area contributed by atoms with Gasteiger partial charge in [0, 0.05) is 11.6 Å². The lowest BCUT2D eigenvalue weighted by Gasteiger charge is -2.40. The molecule has 56 valence electrons. The second kappa shape index (κ2) is 1.42. The van der Waals surface area contributed by atoms with Gasteiger partial charge in [-0.3, -0.25) is 4.90 Å². The monoisotopic (exact) mass is 137 g/mol. The average Bonchev–Trinajstić information content (AvgIpc) is 2.48. The summed E-state index contributed by atoms with van der Waals surface area (Å²) in [7, 11) is 2.32. The highest BCUT2D eigenvalue weighted by atomic mass is 15.4. The molecule has 3 aliphatic rings. The average molecular weight is 137 g/mol. The molecule has 1 heteroatoms. The molecule has 4 atom stereocenters. The van der Waals surface area contributed by atoms with Gasteiger partial charge in [-0.2, -0.15) is 0 Å². The zero-order valence-corrected chi connectivity index (χ0v) is 6.64. The topological polar surface area (TPSA) is 3.01 Å². The minimum absolute atomic E-state index is 0.776. The van der Waals surface area contributed by atoms with Crippen molar-refractivity contribution in [2.45, 2.75) is 43.7 Å². The molecular weight excluding hydrogens is 122 g/mol. The van der Waals surface area contributed by atoms with Crippen molar-refractivity contribution in [1.29, 1.82) is 0 Å². The van der Waals surface area contributed by atoms with Gasteiger partial charge in [-0.15, -0.1) is 0 Å². The van der Waals surface area contributed by atoms with E-state index in [1.165, 1.54) is 32.1 Å². The van der Waals surface area contributed by atoms with Gasteiger partial charge >= 0.3 is 0 Å². The Labute approximate surface area is 62.4 Å². The predicted molar refractivity (Wildman–Crippen MR) is 40.9 cm³/mol. The lowest BCUT2D eigenvalue weighted by molar-refractivity contribution is 0.145. The normalized spacial score (nSPS) is 63.9. The largest absolute Gasteiger partial charge is 0.294 e. The number of nitrogens with zero attached hydrogens (tertiary/aromatic N) is 1. The highest BCUT2D eigenvalue weighted by molar-refractivity contribution is 5.25. The van der Waals surface area contributed by atoms with Crippen molar-refractivity contribution in [1.82, 2.24) is 4.90 Å². The van der Waals surface area contributed by atoms with Gasteiger partial charge in [0.05, 0.1) is 0 Å². The van der Waals surface area contributed by atoms with Gasteiger partial charge in [0.25, 0.3) is 0 Å². The number of rotatable bonds is 0. The summed E-state index contributed by atoms with van der Waals surface area (Å²) in [5.41, 5.74) is 0.776. The van der Waals surface area contributed by atoms with E-state index in [0.29, 0.717) is 0 Å². The fraction of sp³-hybridized carbons (Fsp3) is 1.00. The van der Waals surface area contributed by atoms with Gasteiger partial charge in [-0.25, -0.2) is 0 Å². The number of likely N-dealkylation sites (N-methyl/N-ethyl adjacent to an activating group) is 1. The van der Waals surface area contributed by atoms with Crippen molar-refractivity contribution in [3.63, 3.8) is 0 Å². The molecule has 0 bridgehead atoms. The first-order valence-corrected chi connectivity index (χ1v) is 4.58. The Morgan fingerprint density at radius 2 is 2.20 bits per heavy atom. The zero-order valence-electron chi connectivity index (χ0n) is 6.64. The molecule has 1 aliphatic heterocycles. The maximum Gasteiger partial charge on any atom is 0.0393 e. The van der Waals surface area contributed by atoms with E-state index < -0.39 is 0 Å². The van der Waals surface area contributed by atoms with Crippen LogP contribution in [0.1, 0.15) is 32.1 Å². The van der Waals surface area contributed by atoms with E-state index in [-0.39, 0.29) is 0 Å². The first-order chi connectivity index (χ1) is 4.86. The highest BCUT2D eigenvalue weighted by Gasteiger charge is 2.69. The molecule has 0 aromatic heterocycles. The maximum atomic E-state index is 2.63. The Hall–Kier alpha value is -0.0400. The van der Waals surface area contributed by atoms with Crippen molar-refractivity contribution in [2.24, 2.45) is 5.92 Å². The molecule has 0 amide bonds. The molecule has 0 aromatic carbocycles. The van der Waals surface area contributed by atoms with Gasteiger partial charge in [-0.05, 0) is 38.6 Å². The molecule has 1 nitrogen and oxygen atoms in total. The third kappa shape index (κ3) is 0.378. The van der Waals surface area contributed by atoms with Crippen LogP contribution in [0, 0.1) is 5.92 Å². The SMILES string of the molecule is C[N@@]1C2CCC[C@@H]3CC[C@@]231. The van der Waals surface area contributed by atoms with Crippen molar-refractivity contribution in [3.05, 3.63) is 0 Å². The summed E-state index contributed by atoms with van der Waals surface area (Å²) in [5, 5.41) is 0. The van der Waals surface area contributed by atoms with Gasteiger partial charge in [0.2, 0.25) is 0 Å². The van der Waals surface area contributed by atoms with Gasteiger partial charge in [0.1, 0.15) is 0 Å². The van der Waals surface area contributed by atoms with E-state index in [0.717, 1.165) is 17.5 Å². The molecule has 3 rings (SSSR count). The van der Waals surface area contributed by atoms with Crippen LogP contribution in [0.2, 0.25) is 0 Å². The second-order valence-electron chi connectivity index (χ2n) is 4.28. The summed E-state index contributed by atoms with van der Waals surface area (Å²) < 4.78 is 0. The van der Waals surface area contributed by atoms with Crippen LogP contribution in [0.25, 0.3) is 0 Å². The smallest absolute Gasteiger partial charge is 0.0393 e. The van der Waals surface area contributed by atoms with Crippen molar-refractivity contribution < 1.29 is 0 Å². The molecule has 3 fully saturated rings. The first-order valence-electron chi connectivity index (χ1n) is 4.58. The van der Waals surface area contributed by atoms with Crippen LogP contribution in [0.5, 0.6) is 0 Å². The van der Waals surface area contributed by atoms with E-state index in [4.69, 9.17) is 0 Å². The van der Waals surface area contributed by atoms with E-state index in [1.807, 2.05) is 0 Å². The fourth-order valence-corrected chi connectivity index (χ4v) is 3.51. The highest BCUT2D eigenvalue weighted by Crippen LogP contribution is 2.63. The summed E-state index contributed by atoms with van der Waals surface area (Å²) in [6.45, 7) is 0. The molecule has 0 N–H and O–H groups in total. The van der Waals surface area contributed by atoms with Crippen LogP contribution in [0.15, 0.2) is 0 Å². The van der Waals surface area contributed by atoms with Crippen molar-refractivity contribution in [2.75, 3.05) is 7.05 Å². The lowest BCUT2D eigenvalue weighted by Crippen LogP contribution is -2.41. The lowest BCUT2D eigenvalue weighted by atomic mass is 9.65. The Morgan fingerprint density at radius 1 is 1.30 bits per heavy atom. The molecule has 0 radical (unpaired) electrons. The van der Waals surface area contributed by atoms with Crippen LogP contribution in [-0.4, -0.2) is 23.5 Å². The minimum Gasteiger partial charge on any atom is -0.294 e. The quantitative estimate of drug-likeness (QED) is 0.459. The summed E-state index contributed by atoms with van der Waals surface area (Å²) in [6.07, 6.45) is 7.56. The molecule has 2 aliphatic carbocycles. The van der Waals surface area contributed by atoms with Gasteiger partial charge in [0.15, 0.2) is 0 Å². The molecular formula is C9H15N. The predicted octanol–water partition coefficient (Wildman–Crippen LogP) is 1.63. The first kappa shape index (κ1) is 5.59. The molecule has 1 unspecified atom stereocenters. The Bertz CT molecular complexity index is 170. The molecule has 1 heterocycles. The van der Waals surface area contributed by atoms with E-state index >= 15 is 0 Å². The third-order valence-electron chi connectivity index (χ3n) is 4.26. The van der Waals surface area contributed by atoms with Crippen LogP contribution < -0.4 is 0 Å². The van der Waals surface area contributed by atoms with Crippen molar-refractivity contribution in [3.8, 4) is 0 Å². The molecule has 10 heavy (non-hydrogen) atoms. The molecule has 1 spiro atoms.